The number of aromatic nitrogens is 1. The number of hydrogen-bond donors (Lipinski definition) is 1. The summed E-state index contributed by atoms with van der Waals surface area (Å²) in [6, 6.07) is 2.74. The average molecular weight is 269 g/mol. The molecule has 0 radical (unpaired) electrons. The van der Waals surface area contributed by atoms with Gasteiger partial charge in [-0.3, -0.25) is 0 Å². The molecule has 1 aromatic carbocycles. The molecule has 2 N–H and O–H groups in total. The first-order valence-electron chi connectivity index (χ1n) is 6.13. The highest BCUT2D eigenvalue weighted by Gasteiger charge is 2.34. The maximum absolute atomic E-state index is 13.3. The molecule has 1 aliphatic carbocycles. The zero-order valence-corrected chi connectivity index (χ0v) is 10.6. The Bertz CT molecular complexity index is 551. The highest BCUT2D eigenvalue weighted by atomic mass is 35.5. The van der Waals surface area contributed by atoms with Crippen molar-refractivity contribution in [3.8, 4) is 0 Å². The number of fused-ring (bicyclic) bond motifs is 1. The lowest BCUT2D eigenvalue weighted by Gasteiger charge is -2.29. The normalized spacial score (nSPS) is 19.3. The van der Waals surface area contributed by atoms with Crippen LogP contribution in [0.15, 0.2) is 16.5 Å². The molecule has 1 heterocycles. The van der Waals surface area contributed by atoms with Crippen molar-refractivity contribution in [2.24, 2.45) is 5.73 Å². The average Bonchev–Trinajstić information content (AvgIpc) is 2.74. The molecule has 0 unspecified atom stereocenters. The maximum atomic E-state index is 13.3. The van der Waals surface area contributed by atoms with Crippen molar-refractivity contribution >= 4 is 22.7 Å². The molecule has 2 aromatic rings. The van der Waals surface area contributed by atoms with Crippen LogP contribution in [-0.2, 0) is 5.54 Å². The van der Waals surface area contributed by atoms with Gasteiger partial charge in [0.25, 0.3) is 0 Å². The fourth-order valence-electron chi connectivity index (χ4n) is 2.53. The van der Waals surface area contributed by atoms with Gasteiger partial charge in [0, 0.05) is 6.07 Å². The first kappa shape index (κ1) is 11.9. The number of halogens is 2. The van der Waals surface area contributed by atoms with Crippen molar-refractivity contribution in [2.75, 3.05) is 0 Å². The van der Waals surface area contributed by atoms with Crippen molar-refractivity contribution in [2.45, 2.75) is 37.6 Å². The van der Waals surface area contributed by atoms with Gasteiger partial charge in [0.1, 0.15) is 11.3 Å². The van der Waals surface area contributed by atoms with E-state index in [1.165, 1.54) is 18.6 Å². The van der Waals surface area contributed by atoms with E-state index in [0.29, 0.717) is 17.0 Å². The predicted octanol–water partition coefficient (Wildman–Crippen LogP) is 3.74. The van der Waals surface area contributed by atoms with Crippen LogP contribution in [0.25, 0.3) is 11.1 Å². The van der Waals surface area contributed by atoms with Gasteiger partial charge in [0.05, 0.1) is 10.6 Å². The molecule has 1 fully saturated rings. The van der Waals surface area contributed by atoms with Gasteiger partial charge in [-0.1, -0.05) is 30.9 Å². The van der Waals surface area contributed by atoms with Gasteiger partial charge in [0.15, 0.2) is 5.58 Å². The van der Waals surface area contributed by atoms with Gasteiger partial charge in [-0.2, -0.15) is 0 Å². The largest absolute Gasteiger partial charge is 0.439 e. The van der Waals surface area contributed by atoms with E-state index in [4.69, 9.17) is 21.8 Å². The smallest absolute Gasteiger partial charge is 0.215 e. The van der Waals surface area contributed by atoms with Crippen LogP contribution in [0, 0.1) is 5.82 Å². The Hall–Kier alpha value is -1.13. The fourth-order valence-corrected chi connectivity index (χ4v) is 2.69. The maximum Gasteiger partial charge on any atom is 0.215 e. The zero-order valence-electron chi connectivity index (χ0n) is 9.88. The lowest BCUT2D eigenvalue weighted by atomic mass is 9.82. The second-order valence-corrected chi connectivity index (χ2v) is 5.38. The molecule has 5 heteroatoms. The Morgan fingerprint density at radius 2 is 2.00 bits per heavy atom. The number of hydrogen-bond acceptors (Lipinski definition) is 3. The lowest BCUT2D eigenvalue weighted by molar-refractivity contribution is 0.247. The third kappa shape index (κ3) is 1.89. The van der Waals surface area contributed by atoms with E-state index in [9.17, 15) is 4.39 Å². The number of nitrogens with two attached hydrogens (primary N) is 1. The van der Waals surface area contributed by atoms with Crippen LogP contribution >= 0.6 is 11.6 Å². The molecule has 0 amide bonds. The summed E-state index contributed by atoms with van der Waals surface area (Å²) in [5, 5.41) is 0.0528. The predicted molar refractivity (Wildman–Crippen MR) is 67.9 cm³/mol. The van der Waals surface area contributed by atoms with Crippen LogP contribution in [0.4, 0.5) is 4.39 Å². The minimum atomic E-state index is -0.514. The molecule has 18 heavy (non-hydrogen) atoms. The Kier molecular flexibility index (Phi) is 2.79. The van der Waals surface area contributed by atoms with Crippen molar-refractivity contribution in [1.29, 1.82) is 0 Å². The van der Waals surface area contributed by atoms with Crippen LogP contribution in [-0.4, -0.2) is 4.98 Å². The Labute approximate surface area is 109 Å². The highest BCUT2D eigenvalue weighted by molar-refractivity contribution is 6.31. The summed E-state index contributed by atoms with van der Waals surface area (Å²) < 4.78 is 19.0. The molecule has 3 rings (SSSR count). The van der Waals surface area contributed by atoms with Gasteiger partial charge >= 0.3 is 0 Å². The topological polar surface area (TPSA) is 52.0 Å². The van der Waals surface area contributed by atoms with Gasteiger partial charge in [-0.05, 0) is 18.9 Å². The number of rotatable bonds is 1. The minimum absolute atomic E-state index is 0.0528. The Morgan fingerprint density at radius 1 is 1.28 bits per heavy atom. The van der Waals surface area contributed by atoms with Crippen LogP contribution in [0.1, 0.15) is 38.0 Å². The molecule has 96 valence electrons. The summed E-state index contributed by atoms with van der Waals surface area (Å²) in [5.41, 5.74) is 6.79. The first-order chi connectivity index (χ1) is 8.58. The first-order valence-corrected chi connectivity index (χ1v) is 6.51. The standard InChI is InChI=1S/C13H14ClFN2O/c14-8-6-10-11(7-9(8)15)18-12(17-10)13(16)4-2-1-3-5-13/h6-7H,1-5,16H2. The summed E-state index contributed by atoms with van der Waals surface area (Å²) >= 11 is 5.73. The quantitative estimate of drug-likeness (QED) is 0.857. The molecule has 1 saturated carbocycles. The van der Waals surface area contributed by atoms with Gasteiger partial charge in [-0.25, -0.2) is 9.37 Å². The van der Waals surface area contributed by atoms with E-state index in [1.54, 1.807) is 0 Å². The van der Waals surface area contributed by atoms with Gasteiger partial charge < -0.3 is 10.2 Å². The zero-order chi connectivity index (χ0) is 12.8. The van der Waals surface area contributed by atoms with E-state index in [0.717, 1.165) is 25.7 Å². The monoisotopic (exact) mass is 268 g/mol. The number of benzene rings is 1. The molecule has 3 nitrogen and oxygen atoms in total. The van der Waals surface area contributed by atoms with E-state index in [1.807, 2.05) is 0 Å². The molecule has 1 aromatic heterocycles. The lowest BCUT2D eigenvalue weighted by Crippen LogP contribution is -2.38. The van der Waals surface area contributed by atoms with Crippen LogP contribution < -0.4 is 5.73 Å². The van der Waals surface area contributed by atoms with Crippen molar-refractivity contribution in [1.82, 2.24) is 4.98 Å². The minimum Gasteiger partial charge on any atom is -0.439 e. The molecule has 1 aliphatic rings. The SMILES string of the molecule is NC1(c2nc3cc(Cl)c(F)cc3o2)CCCCC1. The summed E-state index contributed by atoms with van der Waals surface area (Å²) in [5.74, 6) is 0.000416. The summed E-state index contributed by atoms with van der Waals surface area (Å²) in [6.07, 6.45) is 5.06. The van der Waals surface area contributed by atoms with E-state index in [2.05, 4.69) is 4.98 Å². The Morgan fingerprint density at radius 3 is 2.72 bits per heavy atom. The third-order valence-electron chi connectivity index (χ3n) is 3.60. The van der Waals surface area contributed by atoms with E-state index in [-0.39, 0.29) is 5.02 Å². The van der Waals surface area contributed by atoms with Crippen molar-refractivity contribution < 1.29 is 8.81 Å². The summed E-state index contributed by atoms with van der Waals surface area (Å²) in [4.78, 5) is 4.37. The van der Waals surface area contributed by atoms with Crippen molar-refractivity contribution in [3.63, 3.8) is 0 Å². The molecule has 0 atom stereocenters. The molecular weight excluding hydrogens is 255 g/mol. The molecule has 0 aliphatic heterocycles. The second kappa shape index (κ2) is 4.21. The molecule has 0 bridgehead atoms. The van der Waals surface area contributed by atoms with Crippen LogP contribution in [0.3, 0.4) is 0 Å². The second-order valence-electron chi connectivity index (χ2n) is 4.97. The van der Waals surface area contributed by atoms with E-state index < -0.39 is 11.4 Å². The van der Waals surface area contributed by atoms with Crippen molar-refractivity contribution in [3.05, 3.63) is 28.9 Å². The Balaban J connectivity index is 2.07. The summed E-state index contributed by atoms with van der Waals surface area (Å²) in [7, 11) is 0. The van der Waals surface area contributed by atoms with Crippen LogP contribution in [0.2, 0.25) is 5.02 Å². The highest BCUT2D eigenvalue weighted by Crippen LogP contribution is 2.36. The number of nitrogens with zero attached hydrogens (tertiary/aromatic N) is 1. The van der Waals surface area contributed by atoms with Gasteiger partial charge in [0.2, 0.25) is 5.89 Å². The molecular formula is C13H14ClFN2O. The molecule has 0 spiro atoms. The summed E-state index contributed by atoms with van der Waals surface area (Å²) in [6.45, 7) is 0. The molecule has 0 saturated heterocycles. The fraction of sp³-hybridized carbons (Fsp3) is 0.462. The number of oxazole rings is 1. The third-order valence-corrected chi connectivity index (χ3v) is 3.89. The van der Waals surface area contributed by atoms with E-state index >= 15 is 0 Å². The van der Waals surface area contributed by atoms with Crippen LogP contribution in [0.5, 0.6) is 0 Å². The van der Waals surface area contributed by atoms with Gasteiger partial charge in [-0.15, -0.1) is 0 Å².